The van der Waals surface area contributed by atoms with Gasteiger partial charge < -0.3 is 9.64 Å². The van der Waals surface area contributed by atoms with Gasteiger partial charge in [-0.05, 0) is 62.1 Å². The second-order valence-electron chi connectivity index (χ2n) is 8.00. The Morgan fingerprint density at radius 2 is 1.91 bits per heavy atom. The molecule has 2 aromatic carbocycles. The van der Waals surface area contributed by atoms with Crippen molar-refractivity contribution in [2.45, 2.75) is 25.8 Å². The maximum absolute atomic E-state index is 13.6. The Bertz CT molecular complexity index is 1210. The van der Waals surface area contributed by atoms with E-state index < -0.39 is 0 Å². The van der Waals surface area contributed by atoms with Crippen LogP contribution in [0.5, 0.6) is 5.75 Å². The second-order valence-corrected chi connectivity index (χ2v) is 8.86. The number of para-hydroxylation sites is 1. The molecule has 1 aliphatic rings. The standard InChI is InChI=1S/C25H24N4O2S/c1-17(18-8-9-18)29(21-10-12-22(31-2)13-11-21)25(30)23-16-32-24(27-23)19-14-26-28(15-19)20-6-4-3-5-7-20/h3-7,10-18H,8-9H2,1-2H3. The zero-order chi connectivity index (χ0) is 22.1. The first-order valence-corrected chi connectivity index (χ1v) is 11.6. The van der Waals surface area contributed by atoms with Gasteiger partial charge in [-0.15, -0.1) is 11.3 Å². The minimum Gasteiger partial charge on any atom is -0.497 e. The van der Waals surface area contributed by atoms with E-state index >= 15 is 0 Å². The highest BCUT2D eigenvalue weighted by Gasteiger charge is 2.36. The lowest BCUT2D eigenvalue weighted by molar-refractivity contribution is 0.0971. The van der Waals surface area contributed by atoms with Crippen LogP contribution in [-0.2, 0) is 0 Å². The molecule has 2 aromatic heterocycles. The summed E-state index contributed by atoms with van der Waals surface area (Å²) in [4.78, 5) is 20.1. The van der Waals surface area contributed by atoms with Crippen LogP contribution in [0.15, 0.2) is 72.4 Å². The van der Waals surface area contributed by atoms with Crippen LogP contribution in [0.3, 0.4) is 0 Å². The van der Waals surface area contributed by atoms with Crippen molar-refractivity contribution in [3.05, 3.63) is 78.1 Å². The van der Waals surface area contributed by atoms with Gasteiger partial charge in [-0.25, -0.2) is 9.67 Å². The number of carbonyl (C=O) groups is 1. The molecule has 0 aliphatic heterocycles. The van der Waals surface area contributed by atoms with Crippen LogP contribution in [-0.4, -0.2) is 33.8 Å². The molecular weight excluding hydrogens is 420 g/mol. The Kier molecular flexibility index (Phi) is 5.49. The Labute approximate surface area is 191 Å². The van der Waals surface area contributed by atoms with Crippen LogP contribution in [0.4, 0.5) is 5.69 Å². The van der Waals surface area contributed by atoms with Crippen molar-refractivity contribution in [2.24, 2.45) is 5.92 Å². The summed E-state index contributed by atoms with van der Waals surface area (Å²) >= 11 is 1.46. The highest BCUT2D eigenvalue weighted by atomic mass is 32.1. The molecule has 1 aliphatic carbocycles. The number of anilines is 1. The van der Waals surface area contributed by atoms with Gasteiger partial charge in [0, 0.05) is 28.9 Å². The van der Waals surface area contributed by atoms with Crippen molar-refractivity contribution >= 4 is 22.9 Å². The van der Waals surface area contributed by atoms with E-state index in [9.17, 15) is 4.79 Å². The third-order valence-electron chi connectivity index (χ3n) is 5.85. The molecule has 0 radical (unpaired) electrons. The fourth-order valence-electron chi connectivity index (χ4n) is 3.85. The fraction of sp³-hybridized carbons (Fsp3) is 0.240. The Balaban J connectivity index is 1.42. The van der Waals surface area contributed by atoms with E-state index in [1.807, 2.05) is 75.8 Å². The van der Waals surface area contributed by atoms with Crippen LogP contribution < -0.4 is 9.64 Å². The summed E-state index contributed by atoms with van der Waals surface area (Å²) in [7, 11) is 1.64. The van der Waals surface area contributed by atoms with Crippen LogP contribution in [0, 0.1) is 5.92 Å². The molecule has 4 aromatic rings. The first kappa shape index (κ1) is 20.5. The molecule has 1 amide bonds. The fourth-order valence-corrected chi connectivity index (χ4v) is 4.62. The summed E-state index contributed by atoms with van der Waals surface area (Å²) in [5.41, 5.74) is 3.20. The summed E-state index contributed by atoms with van der Waals surface area (Å²) in [6.45, 7) is 2.12. The van der Waals surface area contributed by atoms with Crippen molar-refractivity contribution in [1.29, 1.82) is 0 Å². The molecule has 5 rings (SSSR count). The number of nitrogens with zero attached hydrogens (tertiary/aromatic N) is 4. The topological polar surface area (TPSA) is 60.2 Å². The molecular formula is C25H24N4O2S. The number of rotatable bonds is 7. The van der Waals surface area contributed by atoms with Gasteiger partial charge in [0.15, 0.2) is 0 Å². The molecule has 2 heterocycles. The minimum atomic E-state index is -0.0764. The van der Waals surface area contributed by atoms with Crippen molar-refractivity contribution in [1.82, 2.24) is 14.8 Å². The van der Waals surface area contributed by atoms with Crippen molar-refractivity contribution in [3.63, 3.8) is 0 Å². The number of aromatic nitrogens is 3. The van der Waals surface area contributed by atoms with E-state index in [-0.39, 0.29) is 11.9 Å². The highest BCUT2D eigenvalue weighted by molar-refractivity contribution is 7.13. The molecule has 6 nitrogen and oxygen atoms in total. The first-order chi connectivity index (χ1) is 15.6. The van der Waals surface area contributed by atoms with Crippen molar-refractivity contribution in [2.75, 3.05) is 12.0 Å². The van der Waals surface area contributed by atoms with E-state index in [0.717, 1.165) is 40.5 Å². The number of amides is 1. The lowest BCUT2D eigenvalue weighted by Crippen LogP contribution is -2.40. The number of hydrogen-bond donors (Lipinski definition) is 0. The van der Waals surface area contributed by atoms with Crippen LogP contribution >= 0.6 is 11.3 Å². The van der Waals surface area contributed by atoms with E-state index in [1.165, 1.54) is 11.3 Å². The van der Waals surface area contributed by atoms with E-state index in [2.05, 4.69) is 17.0 Å². The smallest absolute Gasteiger partial charge is 0.278 e. The Morgan fingerprint density at radius 3 is 2.59 bits per heavy atom. The Hall–Kier alpha value is -3.45. The van der Waals surface area contributed by atoms with Gasteiger partial charge in [0.1, 0.15) is 16.5 Å². The third kappa shape index (κ3) is 4.03. The Morgan fingerprint density at radius 1 is 1.16 bits per heavy atom. The average Bonchev–Trinajstić information content (AvgIpc) is 3.36. The van der Waals surface area contributed by atoms with Crippen LogP contribution in [0.25, 0.3) is 16.3 Å². The molecule has 0 N–H and O–H groups in total. The molecule has 7 heteroatoms. The maximum Gasteiger partial charge on any atom is 0.278 e. The third-order valence-corrected chi connectivity index (χ3v) is 6.75. The number of thiazole rings is 1. The normalized spacial score (nSPS) is 14.2. The largest absolute Gasteiger partial charge is 0.497 e. The summed E-state index contributed by atoms with van der Waals surface area (Å²) < 4.78 is 7.10. The van der Waals surface area contributed by atoms with E-state index in [1.54, 1.807) is 13.3 Å². The minimum absolute atomic E-state index is 0.0764. The van der Waals surface area contributed by atoms with E-state index in [0.29, 0.717) is 11.6 Å². The number of methoxy groups -OCH3 is 1. The van der Waals surface area contributed by atoms with Crippen molar-refractivity contribution < 1.29 is 9.53 Å². The lowest BCUT2D eigenvalue weighted by Gasteiger charge is -2.29. The maximum atomic E-state index is 13.6. The number of carbonyl (C=O) groups excluding carboxylic acids is 1. The predicted octanol–water partition coefficient (Wildman–Crippen LogP) is 5.45. The van der Waals surface area contributed by atoms with Crippen molar-refractivity contribution in [3.8, 4) is 22.0 Å². The molecule has 1 saturated carbocycles. The SMILES string of the molecule is COc1ccc(N(C(=O)c2csc(-c3cnn(-c4ccccc4)c3)n2)C(C)C2CC2)cc1. The van der Waals surface area contributed by atoms with Gasteiger partial charge in [0.05, 0.1) is 19.0 Å². The summed E-state index contributed by atoms with van der Waals surface area (Å²) in [6, 6.07) is 17.7. The van der Waals surface area contributed by atoms with Gasteiger partial charge in [-0.2, -0.15) is 5.10 Å². The van der Waals surface area contributed by atoms with E-state index in [4.69, 9.17) is 4.74 Å². The van der Waals surface area contributed by atoms with Gasteiger partial charge in [0.2, 0.25) is 0 Å². The average molecular weight is 445 g/mol. The molecule has 32 heavy (non-hydrogen) atoms. The summed E-state index contributed by atoms with van der Waals surface area (Å²) in [6.07, 6.45) is 6.04. The number of ether oxygens (including phenoxy) is 1. The zero-order valence-corrected chi connectivity index (χ0v) is 18.8. The monoisotopic (exact) mass is 444 g/mol. The molecule has 0 saturated heterocycles. The number of hydrogen-bond acceptors (Lipinski definition) is 5. The molecule has 0 spiro atoms. The summed E-state index contributed by atoms with van der Waals surface area (Å²) in [5.74, 6) is 1.22. The summed E-state index contributed by atoms with van der Waals surface area (Å²) in [5, 5.41) is 7.07. The van der Waals surface area contributed by atoms with Gasteiger partial charge in [0.25, 0.3) is 5.91 Å². The zero-order valence-electron chi connectivity index (χ0n) is 18.0. The van der Waals surface area contributed by atoms with Gasteiger partial charge >= 0.3 is 0 Å². The van der Waals surface area contributed by atoms with Crippen LogP contribution in [0.2, 0.25) is 0 Å². The first-order valence-electron chi connectivity index (χ1n) is 10.7. The predicted molar refractivity (Wildman–Crippen MR) is 127 cm³/mol. The van der Waals surface area contributed by atoms with Crippen LogP contribution in [0.1, 0.15) is 30.3 Å². The highest BCUT2D eigenvalue weighted by Crippen LogP contribution is 2.38. The molecule has 1 fully saturated rings. The molecule has 162 valence electrons. The van der Waals surface area contributed by atoms with Gasteiger partial charge in [-0.1, -0.05) is 18.2 Å². The van der Waals surface area contributed by atoms with Gasteiger partial charge in [-0.3, -0.25) is 4.79 Å². The lowest BCUT2D eigenvalue weighted by atomic mass is 10.1. The molecule has 1 atom stereocenters. The molecule has 0 bridgehead atoms. The number of benzene rings is 2. The second kappa shape index (κ2) is 8.59. The quantitative estimate of drug-likeness (QED) is 0.380. The molecule has 1 unspecified atom stereocenters.